The summed E-state index contributed by atoms with van der Waals surface area (Å²) in [5.41, 5.74) is 6.62. The molecule has 2 fully saturated rings. The number of carbonyl (C=O) groups excluding carboxylic acids is 1. The van der Waals surface area contributed by atoms with Gasteiger partial charge in [-0.05, 0) is 86.0 Å². The third-order valence-corrected chi connectivity index (χ3v) is 8.03. The van der Waals surface area contributed by atoms with Crippen molar-refractivity contribution in [1.82, 2.24) is 9.80 Å². The Hall–Kier alpha value is -2.05. The van der Waals surface area contributed by atoms with Gasteiger partial charge in [0.15, 0.2) is 5.78 Å². The van der Waals surface area contributed by atoms with E-state index in [4.69, 9.17) is 9.47 Å². The largest absolute Gasteiger partial charge is 0.379 e. The van der Waals surface area contributed by atoms with Crippen LogP contribution in [0, 0.1) is 0 Å². The summed E-state index contributed by atoms with van der Waals surface area (Å²) in [6.07, 6.45) is 9.42. The van der Waals surface area contributed by atoms with Gasteiger partial charge in [0.25, 0.3) is 0 Å². The summed E-state index contributed by atoms with van der Waals surface area (Å²) in [6.45, 7) is 10.2. The maximum absolute atomic E-state index is 13.3. The number of ether oxygens (including phenoxy) is 2. The Morgan fingerprint density at radius 2 is 1.00 bits per heavy atom. The number of hydrogen-bond donors (Lipinski definition) is 0. The predicted octanol–water partition coefficient (Wildman–Crippen LogP) is 4.99. The molecule has 0 radical (unpaired) electrons. The minimum Gasteiger partial charge on any atom is -0.379 e. The number of fused-ring (bicyclic) bond motifs is 3. The molecule has 36 heavy (non-hydrogen) atoms. The van der Waals surface area contributed by atoms with E-state index in [1.165, 1.54) is 62.7 Å². The second-order valence-electron chi connectivity index (χ2n) is 10.6. The SMILES string of the molecule is O=C1c2cc(CCCCCN3CCOCC3)ccc2-c2ccc(CCCCCN3CCOCC3)cc21. The fraction of sp³-hybridized carbons (Fsp3) is 0.581. The molecule has 2 saturated heterocycles. The van der Waals surface area contributed by atoms with E-state index in [9.17, 15) is 4.79 Å². The number of nitrogens with zero attached hydrogens (tertiary/aromatic N) is 2. The van der Waals surface area contributed by atoms with Gasteiger partial charge in [0, 0.05) is 37.3 Å². The summed E-state index contributed by atoms with van der Waals surface area (Å²) >= 11 is 0. The first kappa shape index (κ1) is 25.6. The van der Waals surface area contributed by atoms with E-state index in [-0.39, 0.29) is 5.78 Å². The topological polar surface area (TPSA) is 42.0 Å². The summed E-state index contributed by atoms with van der Waals surface area (Å²) in [5.74, 6) is 0.211. The molecular formula is C31H42N2O3. The van der Waals surface area contributed by atoms with Crippen molar-refractivity contribution >= 4 is 5.78 Å². The van der Waals surface area contributed by atoms with Crippen molar-refractivity contribution in [3.8, 4) is 11.1 Å². The van der Waals surface area contributed by atoms with Crippen LogP contribution in [0.5, 0.6) is 0 Å². The van der Waals surface area contributed by atoms with Crippen LogP contribution in [-0.2, 0) is 22.3 Å². The molecule has 0 unspecified atom stereocenters. The molecule has 0 aromatic heterocycles. The molecule has 5 heteroatoms. The lowest BCUT2D eigenvalue weighted by Crippen LogP contribution is -2.36. The minimum atomic E-state index is 0.211. The van der Waals surface area contributed by atoms with Gasteiger partial charge in [-0.1, -0.05) is 37.1 Å². The quantitative estimate of drug-likeness (QED) is 0.335. The Bertz CT molecular complexity index is 929. The van der Waals surface area contributed by atoms with E-state index in [1.54, 1.807) is 0 Å². The summed E-state index contributed by atoms with van der Waals surface area (Å²) in [6, 6.07) is 13.1. The van der Waals surface area contributed by atoms with Crippen LogP contribution in [0.1, 0.15) is 65.6 Å². The predicted molar refractivity (Wildman–Crippen MR) is 145 cm³/mol. The van der Waals surface area contributed by atoms with Crippen LogP contribution in [0.2, 0.25) is 0 Å². The Morgan fingerprint density at radius 1 is 0.556 bits per heavy atom. The molecule has 5 nitrogen and oxygen atoms in total. The smallest absolute Gasteiger partial charge is 0.194 e. The molecule has 2 aromatic rings. The van der Waals surface area contributed by atoms with Gasteiger partial charge >= 0.3 is 0 Å². The summed E-state index contributed by atoms with van der Waals surface area (Å²) in [4.78, 5) is 18.3. The zero-order chi connectivity index (χ0) is 24.6. The highest BCUT2D eigenvalue weighted by atomic mass is 16.5. The van der Waals surface area contributed by atoms with Crippen molar-refractivity contribution in [3.63, 3.8) is 0 Å². The van der Waals surface area contributed by atoms with Crippen molar-refractivity contribution in [1.29, 1.82) is 0 Å². The highest BCUT2D eigenvalue weighted by molar-refractivity contribution is 6.21. The molecule has 0 bridgehead atoms. The summed E-state index contributed by atoms with van der Waals surface area (Å²) in [7, 11) is 0. The number of hydrogen-bond acceptors (Lipinski definition) is 5. The number of unbranched alkanes of at least 4 members (excludes halogenated alkanes) is 4. The molecular weight excluding hydrogens is 448 g/mol. The molecule has 0 spiro atoms. The lowest BCUT2D eigenvalue weighted by Gasteiger charge is -2.26. The van der Waals surface area contributed by atoms with Gasteiger partial charge in [0.05, 0.1) is 26.4 Å². The van der Waals surface area contributed by atoms with Crippen molar-refractivity contribution in [3.05, 3.63) is 58.7 Å². The maximum atomic E-state index is 13.3. The monoisotopic (exact) mass is 490 g/mol. The van der Waals surface area contributed by atoms with Crippen LogP contribution >= 0.6 is 0 Å². The molecule has 0 saturated carbocycles. The second kappa shape index (κ2) is 13.0. The molecule has 2 heterocycles. The Morgan fingerprint density at radius 3 is 1.44 bits per heavy atom. The molecule has 2 aliphatic heterocycles. The first-order valence-corrected chi connectivity index (χ1v) is 14.2. The van der Waals surface area contributed by atoms with E-state index in [2.05, 4.69) is 46.2 Å². The third kappa shape index (κ3) is 6.63. The van der Waals surface area contributed by atoms with Crippen LogP contribution in [0.4, 0.5) is 0 Å². The van der Waals surface area contributed by atoms with Crippen LogP contribution < -0.4 is 0 Å². The van der Waals surface area contributed by atoms with Crippen molar-refractivity contribution in [2.75, 3.05) is 65.7 Å². The normalized spacial score (nSPS) is 18.4. The van der Waals surface area contributed by atoms with Crippen molar-refractivity contribution < 1.29 is 14.3 Å². The van der Waals surface area contributed by atoms with Gasteiger partial charge in [-0.3, -0.25) is 14.6 Å². The van der Waals surface area contributed by atoms with Gasteiger partial charge in [0.2, 0.25) is 0 Å². The Balaban J connectivity index is 1.07. The van der Waals surface area contributed by atoms with Gasteiger partial charge in [-0.15, -0.1) is 0 Å². The zero-order valence-electron chi connectivity index (χ0n) is 21.8. The van der Waals surface area contributed by atoms with E-state index >= 15 is 0 Å². The molecule has 0 atom stereocenters. The maximum Gasteiger partial charge on any atom is 0.194 e. The van der Waals surface area contributed by atoms with E-state index < -0.39 is 0 Å². The van der Waals surface area contributed by atoms with E-state index in [1.807, 2.05) is 0 Å². The lowest BCUT2D eigenvalue weighted by atomic mass is 9.99. The molecule has 1 aliphatic carbocycles. The van der Waals surface area contributed by atoms with Gasteiger partial charge < -0.3 is 9.47 Å². The molecule has 0 amide bonds. The number of aryl methyl sites for hydroxylation is 2. The summed E-state index contributed by atoms with van der Waals surface area (Å²) < 4.78 is 10.9. The molecule has 3 aliphatic rings. The van der Waals surface area contributed by atoms with Gasteiger partial charge in [-0.25, -0.2) is 0 Å². The average Bonchev–Trinajstić information content (AvgIpc) is 3.20. The zero-order valence-corrected chi connectivity index (χ0v) is 21.8. The molecule has 5 rings (SSSR count). The van der Waals surface area contributed by atoms with Crippen LogP contribution in [-0.4, -0.2) is 81.3 Å². The minimum absolute atomic E-state index is 0.211. The first-order chi connectivity index (χ1) is 17.8. The number of carbonyl (C=O) groups is 1. The number of morpholine rings is 2. The average molecular weight is 491 g/mol. The van der Waals surface area contributed by atoms with E-state index in [0.717, 1.165) is 87.7 Å². The first-order valence-electron chi connectivity index (χ1n) is 14.2. The van der Waals surface area contributed by atoms with Crippen LogP contribution in [0.25, 0.3) is 11.1 Å². The molecule has 194 valence electrons. The Kier molecular flexibility index (Phi) is 9.21. The van der Waals surface area contributed by atoms with Crippen LogP contribution in [0.3, 0.4) is 0 Å². The van der Waals surface area contributed by atoms with Gasteiger partial charge in [-0.2, -0.15) is 0 Å². The number of benzene rings is 2. The summed E-state index contributed by atoms with van der Waals surface area (Å²) in [5, 5.41) is 0. The third-order valence-electron chi connectivity index (χ3n) is 8.03. The van der Waals surface area contributed by atoms with Crippen molar-refractivity contribution in [2.45, 2.75) is 51.4 Å². The number of rotatable bonds is 12. The van der Waals surface area contributed by atoms with Crippen molar-refractivity contribution in [2.24, 2.45) is 0 Å². The standard InChI is InChI=1S/C31H42N2O3/c34-31-29-23-25(7-3-1-5-13-32-15-19-35-20-16-32)9-11-27(29)28-12-10-26(24-30(28)31)8-4-2-6-14-33-17-21-36-22-18-33/h9-12,23-24H,1-8,13-22H2. The second-order valence-corrected chi connectivity index (χ2v) is 10.6. The van der Waals surface area contributed by atoms with Gasteiger partial charge in [0.1, 0.15) is 0 Å². The molecule has 2 aromatic carbocycles. The molecule has 0 N–H and O–H groups in total. The van der Waals surface area contributed by atoms with E-state index in [0.29, 0.717) is 0 Å². The fourth-order valence-electron chi connectivity index (χ4n) is 5.82. The highest BCUT2D eigenvalue weighted by Crippen LogP contribution is 2.38. The Labute approximate surface area is 216 Å². The number of ketones is 1. The highest BCUT2D eigenvalue weighted by Gasteiger charge is 2.27. The van der Waals surface area contributed by atoms with Crippen LogP contribution in [0.15, 0.2) is 36.4 Å². The fourth-order valence-corrected chi connectivity index (χ4v) is 5.82. The lowest BCUT2D eigenvalue weighted by molar-refractivity contribution is 0.0371.